The van der Waals surface area contributed by atoms with Gasteiger partial charge in [-0.1, -0.05) is 26.2 Å². The maximum absolute atomic E-state index is 13.9. The molecule has 1 aromatic heterocycles. The number of rotatable bonds is 4. The maximum Gasteiger partial charge on any atom is 0.123 e. The Labute approximate surface area is 174 Å². The van der Waals surface area contributed by atoms with Gasteiger partial charge in [0.1, 0.15) is 11.4 Å². The average Bonchev–Trinajstić information content (AvgIpc) is 3.14. The van der Waals surface area contributed by atoms with Crippen molar-refractivity contribution >= 4 is 10.9 Å². The van der Waals surface area contributed by atoms with E-state index in [4.69, 9.17) is 4.74 Å². The number of aromatic amines is 1. The topological polar surface area (TPSA) is 28.3 Å². The van der Waals surface area contributed by atoms with Crippen LogP contribution in [0.15, 0.2) is 18.2 Å². The number of piperidine rings is 1. The molecule has 29 heavy (non-hydrogen) atoms. The van der Waals surface area contributed by atoms with E-state index in [2.05, 4.69) is 16.8 Å². The lowest BCUT2D eigenvalue weighted by Crippen LogP contribution is -2.55. The molecule has 5 rings (SSSR count). The molecule has 2 fully saturated rings. The molecular weight excluding hydrogens is 363 g/mol. The minimum Gasteiger partial charge on any atom is -0.368 e. The standard InChI is InChI=1S/C25H35FN2O/c1-2-3-10-24(28-15-5-4-6-16-28)11-13-25(14-12-24)23-20(9-17-29-25)21-18-19(26)7-8-22(21)27-23/h7-8,18,27H,2-6,9-17H2,1H3. The van der Waals surface area contributed by atoms with E-state index in [1.54, 1.807) is 12.1 Å². The minimum absolute atomic E-state index is 0.146. The van der Waals surface area contributed by atoms with Gasteiger partial charge in [-0.05, 0) is 88.2 Å². The Hall–Kier alpha value is -1.39. The third-order valence-electron chi connectivity index (χ3n) is 8.07. The van der Waals surface area contributed by atoms with Gasteiger partial charge in [-0.25, -0.2) is 4.39 Å². The first kappa shape index (κ1) is 19.6. The van der Waals surface area contributed by atoms with Gasteiger partial charge in [0, 0.05) is 16.4 Å². The predicted octanol–water partition coefficient (Wildman–Crippen LogP) is 6.06. The lowest BCUT2D eigenvalue weighted by Gasteiger charge is -2.53. The molecule has 1 saturated carbocycles. The van der Waals surface area contributed by atoms with Crippen LogP contribution in [-0.4, -0.2) is 35.1 Å². The fourth-order valence-electron chi connectivity index (χ4n) is 6.40. The number of hydrogen-bond donors (Lipinski definition) is 1. The Kier molecular flexibility index (Phi) is 5.19. The lowest BCUT2D eigenvalue weighted by atomic mass is 9.68. The summed E-state index contributed by atoms with van der Waals surface area (Å²) in [4.78, 5) is 6.49. The van der Waals surface area contributed by atoms with Crippen molar-refractivity contribution in [3.8, 4) is 0 Å². The highest BCUT2D eigenvalue weighted by atomic mass is 19.1. The molecule has 2 aliphatic heterocycles. The van der Waals surface area contributed by atoms with Gasteiger partial charge < -0.3 is 9.72 Å². The highest BCUT2D eigenvalue weighted by molar-refractivity contribution is 5.85. The van der Waals surface area contributed by atoms with E-state index in [0.29, 0.717) is 5.54 Å². The van der Waals surface area contributed by atoms with Crippen LogP contribution in [0.25, 0.3) is 10.9 Å². The van der Waals surface area contributed by atoms with Gasteiger partial charge in [0.2, 0.25) is 0 Å². The molecule has 0 unspecified atom stereocenters. The number of aromatic nitrogens is 1. The molecule has 0 radical (unpaired) electrons. The first-order chi connectivity index (χ1) is 14.2. The number of halogens is 1. The number of ether oxygens (including phenoxy) is 1. The van der Waals surface area contributed by atoms with E-state index in [9.17, 15) is 4.39 Å². The summed E-state index contributed by atoms with van der Waals surface area (Å²) in [6, 6.07) is 5.15. The van der Waals surface area contributed by atoms with Gasteiger partial charge in [0.25, 0.3) is 0 Å². The summed E-state index contributed by atoms with van der Waals surface area (Å²) < 4.78 is 20.4. The maximum atomic E-state index is 13.9. The fourth-order valence-corrected chi connectivity index (χ4v) is 6.40. The zero-order chi connectivity index (χ0) is 19.9. The van der Waals surface area contributed by atoms with Crippen LogP contribution in [-0.2, 0) is 16.8 Å². The molecule has 0 atom stereocenters. The Morgan fingerprint density at radius 2 is 1.90 bits per heavy atom. The van der Waals surface area contributed by atoms with Crippen LogP contribution in [0.5, 0.6) is 0 Å². The quantitative estimate of drug-likeness (QED) is 0.678. The fraction of sp³-hybridized carbons (Fsp3) is 0.680. The first-order valence-corrected chi connectivity index (χ1v) is 11.9. The van der Waals surface area contributed by atoms with Gasteiger partial charge >= 0.3 is 0 Å². The number of likely N-dealkylation sites (tertiary alicyclic amines) is 1. The number of nitrogens with one attached hydrogen (secondary N) is 1. The number of hydrogen-bond acceptors (Lipinski definition) is 2. The van der Waals surface area contributed by atoms with E-state index in [-0.39, 0.29) is 11.4 Å². The van der Waals surface area contributed by atoms with Crippen molar-refractivity contribution in [1.82, 2.24) is 9.88 Å². The molecule has 3 aliphatic rings. The van der Waals surface area contributed by atoms with Crippen LogP contribution in [0.2, 0.25) is 0 Å². The van der Waals surface area contributed by atoms with Crippen LogP contribution >= 0.6 is 0 Å². The van der Waals surface area contributed by atoms with Crippen molar-refractivity contribution < 1.29 is 9.13 Å². The summed E-state index contributed by atoms with van der Waals surface area (Å²) in [6.07, 6.45) is 13.5. The van der Waals surface area contributed by atoms with Gasteiger partial charge in [0.15, 0.2) is 0 Å². The molecule has 3 nitrogen and oxygen atoms in total. The lowest BCUT2D eigenvalue weighted by molar-refractivity contribution is -0.120. The van der Waals surface area contributed by atoms with Crippen molar-refractivity contribution in [3.63, 3.8) is 0 Å². The molecule has 1 N–H and O–H groups in total. The van der Waals surface area contributed by atoms with Crippen molar-refractivity contribution in [3.05, 3.63) is 35.3 Å². The first-order valence-electron chi connectivity index (χ1n) is 11.9. The number of fused-ring (bicyclic) bond motifs is 4. The van der Waals surface area contributed by atoms with Crippen molar-refractivity contribution in [1.29, 1.82) is 0 Å². The summed E-state index contributed by atoms with van der Waals surface area (Å²) in [7, 11) is 0. The zero-order valence-electron chi connectivity index (χ0n) is 17.9. The highest BCUT2D eigenvalue weighted by Gasteiger charge is 2.49. The zero-order valence-corrected chi connectivity index (χ0v) is 17.9. The van der Waals surface area contributed by atoms with Gasteiger partial charge in [0.05, 0.1) is 12.3 Å². The van der Waals surface area contributed by atoms with Crippen molar-refractivity contribution in [2.24, 2.45) is 0 Å². The Morgan fingerprint density at radius 3 is 2.66 bits per heavy atom. The van der Waals surface area contributed by atoms with Gasteiger partial charge in [-0.15, -0.1) is 0 Å². The number of benzene rings is 1. The molecule has 1 aromatic carbocycles. The van der Waals surface area contributed by atoms with E-state index in [0.717, 1.165) is 36.8 Å². The van der Waals surface area contributed by atoms with Gasteiger partial charge in [-0.2, -0.15) is 0 Å². The van der Waals surface area contributed by atoms with Crippen molar-refractivity contribution in [2.45, 2.75) is 88.7 Å². The van der Waals surface area contributed by atoms with Crippen LogP contribution < -0.4 is 0 Å². The Bertz CT molecular complexity index is 859. The predicted molar refractivity (Wildman–Crippen MR) is 116 cm³/mol. The van der Waals surface area contributed by atoms with Crippen LogP contribution in [0.3, 0.4) is 0 Å². The highest BCUT2D eigenvalue weighted by Crippen LogP contribution is 2.51. The molecule has 1 spiro atoms. The van der Waals surface area contributed by atoms with E-state index >= 15 is 0 Å². The Morgan fingerprint density at radius 1 is 1.10 bits per heavy atom. The third-order valence-corrected chi connectivity index (χ3v) is 8.07. The monoisotopic (exact) mass is 398 g/mol. The Balaban J connectivity index is 1.45. The second-order valence-electron chi connectivity index (χ2n) is 9.64. The van der Waals surface area contributed by atoms with E-state index in [1.807, 2.05) is 6.07 Å². The molecule has 3 heterocycles. The second kappa shape index (κ2) is 7.70. The number of nitrogens with zero attached hydrogens (tertiary/aromatic N) is 1. The summed E-state index contributed by atoms with van der Waals surface area (Å²) in [5.41, 5.74) is 3.76. The average molecular weight is 399 g/mol. The van der Waals surface area contributed by atoms with Gasteiger partial charge in [-0.3, -0.25) is 4.90 Å². The third kappa shape index (κ3) is 3.33. The summed E-state index contributed by atoms with van der Waals surface area (Å²) in [5, 5.41) is 1.06. The largest absolute Gasteiger partial charge is 0.368 e. The summed E-state index contributed by atoms with van der Waals surface area (Å²) in [6.45, 7) is 5.61. The van der Waals surface area contributed by atoms with E-state index < -0.39 is 0 Å². The minimum atomic E-state index is -0.200. The van der Waals surface area contributed by atoms with Crippen LogP contribution in [0.4, 0.5) is 4.39 Å². The molecule has 0 amide bonds. The number of unbranched alkanes of at least 4 members (excludes halogenated alkanes) is 1. The number of H-pyrrole nitrogens is 1. The second-order valence-corrected chi connectivity index (χ2v) is 9.64. The molecule has 2 aromatic rings. The molecule has 0 bridgehead atoms. The van der Waals surface area contributed by atoms with Crippen molar-refractivity contribution in [2.75, 3.05) is 19.7 Å². The SMILES string of the molecule is CCCCC1(N2CCCCC2)CCC2(CC1)OCCc1c2[nH]c2ccc(F)cc12. The smallest absolute Gasteiger partial charge is 0.123 e. The molecule has 4 heteroatoms. The molecule has 158 valence electrons. The molecule has 1 saturated heterocycles. The molecular formula is C25H35FN2O. The van der Waals surface area contributed by atoms with E-state index in [1.165, 1.54) is 75.7 Å². The summed E-state index contributed by atoms with van der Waals surface area (Å²) in [5.74, 6) is -0.146. The molecule has 1 aliphatic carbocycles. The van der Waals surface area contributed by atoms with Crippen LogP contribution in [0, 0.1) is 5.82 Å². The summed E-state index contributed by atoms with van der Waals surface area (Å²) >= 11 is 0. The normalized spacial score (nSPS) is 30.7. The van der Waals surface area contributed by atoms with Crippen LogP contribution in [0.1, 0.15) is 82.4 Å².